The van der Waals surface area contributed by atoms with E-state index in [0.717, 1.165) is 30.5 Å². The Morgan fingerprint density at radius 1 is 1.22 bits per heavy atom. The number of likely N-dealkylation sites (tertiary alicyclic amines) is 1. The van der Waals surface area contributed by atoms with E-state index in [1.165, 1.54) is 0 Å². The van der Waals surface area contributed by atoms with Gasteiger partial charge in [0.25, 0.3) is 0 Å². The van der Waals surface area contributed by atoms with Crippen molar-refractivity contribution in [2.45, 2.75) is 44.4 Å². The topological polar surface area (TPSA) is 80.2 Å². The van der Waals surface area contributed by atoms with Crippen LogP contribution in [-0.4, -0.2) is 42.6 Å². The molecule has 1 fully saturated rings. The first-order valence-corrected chi connectivity index (χ1v) is 9.43. The lowest BCUT2D eigenvalue weighted by atomic mass is 10.0. The number of aliphatic hydroxyl groups is 1. The highest BCUT2D eigenvalue weighted by molar-refractivity contribution is 5.17. The van der Waals surface area contributed by atoms with E-state index < -0.39 is 6.10 Å². The number of benzene rings is 1. The minimum atomic E-state index is -0.499. The summed E-state index contributed by atoms with van der Waals surface area (Å²) in [7, 11) is 1.86. The van der Waals surface area contributed by atoms with Crippen LogP contribution in [0.15, 0.2) is 47.1 Å². The average Bonchev–Trinajstić information content (AvgIpc) is 3.39. The molecule has 1 aliphatic rings. The Labute approximate surface area is 158 Å². The van der Waals surface area contributed by atoms with E-state index in [0.29, 0.717) is 37.2 Å². The molecule has 27 heavy (non-hydrogen) atoms. The van der Waals surface area contributed by atoms with E-state index in [1.54, 1.807) is 10.9 Å². The Balaban J connectivity index is 1.35. The van der Waals surface area contributed by atoms with Crippen LogP contribution in [0.5, 0.6) is 0 Å². The Kier molecular flexibility index (Phi) is 5.31. The van der Waals surface area contributed by atoms with Crippen molar-refractivity contribution in [2.24, 2.45) is 7.05 Å². The number of aliphatic hydroxyl groups excluding tert-OH is 1. The molecule has 0 aliphatic carbocycles. The molecular formula is C20H25N5O2. The van der Waals surface area contributed by atoms with Gasteiger partial charge >= 0.3 is 0 Å². The molecule has 2 atom stereocenters. The quantitative estimate of drug-likeness (QED) is 0.691. The van der Waals surface area contributed by atoms with Crippen LogP contribution < -0.4 is 0 Å². The van der Waals surface area contributed by atoms with Gasteiger partial charge in [-0.25, -0.2) is 0 Å². The van der Waals surface area contributed by atoms with Gasteiger partial charge in [0, 0.05) is 24.8 Å². The van der Waals surface area contributed by atoms with Gasteiger partial charge < -0.3 is 9.52 Å². The lowest BCUT2D eigenvalue weighted by Crippen LogP contribution is -2.30. The van der Waals surface area contributed by atoms with Crippen LogP contribution in [0.1, 0.15) is 48.3 Å². The Morgan fingerprint density at radius 3 is 2.81 bits per heavy atom. The van der Waals surface area contributed by atoms with Crippen LogP contribution >= 0.6 is 0 Å². The van der Waals surface area contributed by atoms with E-state index in [-0.39, 0.29) is 0 Å². The predicted molar refractivity (Wildman–Crippen MR) is 99.8 cm³/mol. The second-order valence-corrected chi connectivity index (χ2v) is 7.22. The largest absolute Gasteiger partial charge is 0.424 e. The van der Waals surface area contributed by atoms with Crippen LogP contribution in [0.2, 0.25) is 0 Å². The molecule has 7 nitrogen and oxygen atoms in total. The van der Waals surface area contributed by atoms with Gasteiger partial charge in [-0.1, -0.05) is 30.3 Å². The van der Waals surface area contributed by atoms with Crippen molar-refractivity contribution >= 4 is 0 Å². The van der Waals surface area contributed by atoms with Crippen LogP contribution in [0, 0.1) is 0 Å². The number of rotatable bonds is 7. The maximum atomic E-state index is 10.5. The molecule has 1 N–H and O–H groups in total. The van der Waals surface area contributed by atoms with Gasteiger partial charge in [-0.05, 0) is 31.4 Å². The number of hydrogen-bond donors (Lipinski definition) is 1. The molecule has 3 heterocycles. The van der Waals surface area contributed by atoms with Gasteiger partial charge in [0.2, 0.25) is 11.8 Å². The van der Waals surface area contributed by atoms with Crippen molar-refractivity contribution in [2.75, 3.05) is 6.54 Å². The summed E-state index contributed by atoms with van der Waals surface area (Å²) in [5.41, 5.74) is 2.03. The van der Waals surface area contributed by atoms with Crippen LogP contribution in [0.4, 0.5) is 0 Å². The zero-order valence-electron chi connectivity index (χ0n) is 15.5. The summed E-state index contributed by atoms with van der Waals surface area (Å²) >= 11 is 0. The molecule has 1 saturated heterocycles. The van der Waals surface area contributed by atoms with Gasteiger partial charge in [0.15, 0.2) is 0 Å². The van der Waals surface area contributed by atoms with Crippen molar-refractivity contribution in [1.82, 2.24) is 24.9 Å². The summed E-state index contributed by atoms with van der Waals surface area (Å²) in [4.78, 5) is 2.33. The second kappa shape index (κ2) is 8.02. The molecule has 142 valence electrons. The van der Waals surface area contributed by atoms with Crippen LogP contribution in [-0.2, 0) is 20.0 Å². The van der Waals surface area contributed by atoms with E-state index in [1.807, 2.05) is 31.4 Å². The minimum Gasteiger partial charge on any atom is -0.424 e. The lowest BCUT2D eigenvalue weighted by Gasteiger charge is -2.24. The SMILES string of the molecule is Cn1cc([C@@H](O)C[C@@H]2CCCN2Cc2nnc(Cc3ccccc3)o2)cn1. The fourth-order valence-electron chi connectivity index (χ4n) is 3.74. The number of aryl methyl sites for hydroxylation is 1. The molecule has 0 amide bonds. The van der Waals surface area contributed by atoms with E-state index in [2.05, 4.69) is 32.3 Å². The van der Waals surface area contributed by atoms with Gasteiger partial charge in [0.05, 0.1) is 25.3 Å². The second-order valence-electron chi connectivity index (χ2n) is 7.22. The van der Waals surface area contributed by atoms with Crippen LogP contribution in [0.3, 0.4) is 0 Å². The highest BCUT2D eigenvalue weighted by atomic mass is 16.4. The van der Waals surface area contributed by atoms with Gasteiger partial charge in [-0.15, -0.1) is 10.2 Å². The molecule has 0 bridgehead atoms. The molecule has 0 unspecified atom stereocenters. The zero-order valence-corrected chi connectivity index (χ0v) is 15.5. The number of aromatic nitrogens is 4. The molecule has 7 heteroatoms. The zero-order chi connectivity index (χ0) is 18.6. The van der Waals surface area contributed by atoms with Gasteiger partial charge in [-0.2, -0.15) is 5.10 Å². The maximum absolute atomic E-state index is 10.5. The molecular weight excluding hydrogens is 342 g/mol. The monoisotopic (exact) mass is 367 g/mol. The number of nitrogens with zero attached hydrogens (tertiary/aromatic N) is 5. The lowest BCUT2D eigenvalue weighted by molar-refractivity contribution is 0.113. The maximum Gasteiger partial charge on any atom is 0.230 e. The van der Waals surface area contributed by atoms with Crippen molar-refractivity contribution in [1.29, 1.82) is 0 Å². The first-order valence-electron chi connectivity index (χ1n) is 9.43. The summed E-state index contributed by atoms with van der Waals surface area (Å²) in [5.74, 6) is 1.28. The number of hydrogen-bond acceptors (Lipinski definition) is 6. The third-order valence-corrected chi connectivity index (χ3v) is 5.15. The molecule has 0 radical (unpaired) electrons. The van der Waals surface area contributed by atoms with E-state index in [9.17, 15) is 5.11 Å². The van der Waals surface area contributed by atoms with E-state index >= 15 is 0 Å². The minimum absolute atomic E-state index is 0.310. The summed E-state index contributed by atoms with van der Waals surface area (Å²) in [6.07, 6.45) is 6.64. The first kappa shape index (κ1) is 17.9. The molecule has 2 aromatic heterocycles. The van der Waals surface area contributed by atoms with Gasteiger partial charge in [-0.3, -0.25) is 9.58 Å². The van der Waals surface area contributed by atoms with Crippen molar-refractivity contribution in [3.8, 4) is 0 Å². The smallest absolute Gasteiger partial charge is 0.230 e. The van der Waals surface area contributed by atoms with E-state index in [4.69, 9.17) is 4.42 Å². The predicted octanol–water partition coefficient (Wildman–Crippen LogP) is 2.48. The third kappa shape index (κ3) is 4.43. The van der Waals surface area contributed by atoms with Gasteiger partial charge in [0.1, 0.15) is 0 Å². The van der Waals surface area contributed by atoms with Crippen molar-refractivity contribution in [3.63, 3.8) is 0 Å². The Morgan fingerprint density at radius 2 is 2.04 bits per heavy atom. The normalized spacial score (nSPS) is 18.8. The molecule has 4 rings (SSSR count). The van der Waals surface area contributed by atoms with Crippen molar-refractivity contribution in [3.05, 3.63) is 65.6 Å². The fraction of sp³-hybridized carbons (Fsp3) is 0.450. The molecule has 1 aromatic carbocycles. The molecule has 1 aliphatic heterocycles. The summed E-state index contributed by atoms with van der Waals surface area (Å²) in [5, 5.41) is 23.1. The Hall–Kier alpha value is -2.51. The standard InChI is InChI=1S/C20H25N5O2/c1-24-13-16(12-21-24)18(26)11-17-8-5-9-25(17)14-20-23-22-19(27-20)10-15-6-3-2-4-7-15/h2-4,6-7,12-13,17-18,26H,5,8-11,14H2,1H3/t17-,18-/m0/s1. The Bertz CT molecular complexity index is 860. The van der Waals surface area contributed by atoms with Crippen molar-refractivity contribution < 1.29 is 9.52 Å². The third-order valence-electron chi connectivity index (χ3n) is 5.15. The highest BCUT2D eigenvalue weighted by Gasteiger charge is 2.28. The fourth-order valence-corrected chi connectivity index (χ4v) is 3.74. The summed E-state index contributed by atoms with van der Waals surface area (Å²) in [6.45, 7) is 1.62. The average molecular weight is 367 g/mol. The van der Waals surface area contributed by atoms with Crippen LogP contribution in [0.25, 0.3) is 0 Å². The highest BCUT2D eigenvalue weighted by Crippen LogP contribution is 2.28. The molecule has 3 aromatic rings. The summed E-state index contributed by atoms with van der Waals surface area (Å²) < 4.78 is 7.57. The molecule has 0 saturated carbocycles. The molecule has 0 spiro atoms. The first-order chi connectivity index (χ1) is 13.2. The summed E-state index contributed by atoms with van der Waals surface area (Å²) in [6, 6.07) is 10.4.